The van der Waals surface area contributed by atoms with Gasteiger partial charge in [-0.05, 0) is 49.5 Å². The van der Waals surface area contributed by atoms with Crippen molar-refractivity contribution in [2.75, 3.05) is 0 Å². The summed E-state index contributed by atoms with van der Waals surface area (Å²) >= 11 is 0. The Balaban J connectivity index is 1.95. The first-order valence-electron chi connectivity index (χ1n) is 8.26. The number of aryl methyl sites for hydroxylation is 3. The van der Waals surface area contributed by atoms with Crippen molar-refractivity contribution in [1.82, 2.24) is 0 Å². The quantitative estimate of drug-likeness (QED) is 0.896. The van der Waals surface area contributed by atoms with Crippen LogP contribution in [0.15, 0.2) is 53.7 Å². The third-order valence-electron chi connectivity index (χ3n) is 4.32. The van der Waals surface area contributed by atoms with E-state index in [4.69, 9.17) is 4.74 Å². The third-order valence-corrected chi connectivity index (χ3v) is 4.32. The molecule has 0 bridgehead atoms. The van der Waals surface area contributed by atoms with Crippen LogP contribution in [0, 0.1) is 26.7 Å². The predicted octanol–water partition coefficient (Wildman–Crippen LogP) is 4.53. The van der Waals surface area contributed by atoms with Gasteiger partial charge in [-0.1, -0.05) is 48.0 Å². The summed E-state index contributed by atoms with van der Waals surface area (Å²) in [6.45, 7) is 5.94. The van der Waals surface area contributed by atoms with E-state index in [-0.39, 0.29) is 5.90 Å². The topological polar surface area (TPSA) is 58.9 Å². The smallest absolute Gasteiger partial charge is 0.316 e. The number of ether oxygens (including phenoxy) is 1. The van der Waals surface area contributed by atoms with Crippen LogP contribution in [0.1, 0.15) is 28.7 Å². The SMILES string of the molecule is Cc1cc(C)c(OC2=NC=C(c3ccccc3)CC2C(=O)O)c(C)c1. The number of aliphatic carboxylic acids is 1. The highest BCUT2D eigenvalue weighted by molar-refractivity contribution is 6.01. The molecule has 0 saturated carbocycles. The number of benzene rings is 2. The minimum absolute atomic E-state index is 0.238. The van der Waals surface area contributed by atoms with Gasteiger partial charge in [0.2, 0.25) is 5.90 Å². The average molecular weight is 335 g/mol. The van der Waals surface area contributed by atoms with Gasteiger partial charge in [0.15, 0.2) is 0 Å². The van der Waals surface area contributed by atoms with Crippen molar-refractivity contribution in [1.29, 1.82) is 0 Å². The molecule has 0 aromatic heterocycles. The molecule has 1 aliphatic rings. The molecule has 1 atom stereocenters. The van der Waals surface area contributed by atoms with Crippen molar-refractivity contribution in [2.45, 2.75) is 27.2 Å². The van der Waals surface area contributed by atoms with Crippen LogP contribution in [0.5, 0.6) is 5.75 Å². The maximum atomic E-state index is 11.8. The number of carboxylic acids is 1. The molecule has 2 aromatic carbocycles. The molecular weight excluding hydrogens is 314 g/mol. The number of carbonyl (C=O) groups is 1. The standard InChI is InChI=1S/C21H21NO3/c1-13-9-14(2)19(15(3)10-13)25-20-18(21(23)24)11-17(12-22-20)16-7-5-4-6-8-16/h4-10,12,18H,11H2,1-3H3,(H,23,24). The van der Waals surface area contributed by atoms with Gasteiger partial charge >= 0.3 is 5.97 Å². The molecule has 1 aliphatic heterocycles. The lowest BCUT2D eigenvalue weighted by Crippen LogP contribution is -2.30. The first-order chi connectivity index (χ1) is 12.0. The van der Waals surface area contributed by atoms with E-state index >= 15 is 0 Å². The van der Waals surface area contributed by atoms with Gasteiger partial charge in [0.05, 0.1) is 0 Å². The van der Waals surface area contributed by atoms with Crippen molar-refractivity contribution < 1.29 is 14.6 Å². The van der Waals surface area contributed by atoms with E-state index in [1.54, 1.807) is 6.20 Å². The highest BCUT2D eigenvalue weighted by Gasteiger charge is 2.31. The number of hydrogen-bond donors (Lipinski definition) is 1. The van der Waals surface area contributed by atoms with Crippen molar-refractivity contribution in [2.24, 2.45) is 10.9 Å². The average Bonchev–Trinajstić information content (AvgIpc) is 2.58. The molecule has 1 N–H and O–H groups in total. The zero-order chi connectivity index (χ0) is 18.0. The number of allylic oxidation sites excluding steroid dienone is 1. The second-order valence-electron chi connectivity index (χ2n) is 6.41. The Morgan fingerprint density at radius 3 is 2.36 bits per heavy atom. The summed E-state index contributed by atoms with van der Waals surface area (Å²) in [6.07, 6.45) is 2.07. The molecule has 128 valence electrons. The zero-order valence-corrected chi connectivity index (χ0v) is 14.6. The predicted molar refractivity (Wildman–Crippen MR) is 98.9 cm³/mol. The Morgan fingerprint density at radius 2 is 1.76 bits per heavy atom. The molecule has 4 nitrogen and oxygen atoms in total. The van der Waals surface area contributed by atoms with Gasteiger partial charge in [0, 0.05) is 6.20 Å². The van der Waals surface area contributed by atoms with Gasteiger partial charge in [-0.25, -0.2) is 4.99 Å². The molecule has 4 heteroatoms. The van der Waals surface area contributed by atoms with E-state index in [0.29, 0.717) is 12.2 Å². The van der Waals surface area contributed by atoms with E-state index in [2.05, 4.69) is 4.99 Å². The summed E-state index contributed by atoms with van der Waals surface area (Å²) in [6, 6.07) is 13.8. The number of aliphatic imine (C=N–C) groups is 1. The van der Waals surface area contributed by atoms with Crippen LogP contribution in [-0.4, -0.2) is 17.0 Å². The maximum Gasteiger partial charge on any atom is 0.316 e. The van der Waals surface area contributed by atoms with Gasteiger partial charge in [-0.2, -0.15) is 0 Å². The number of hydrogen-bond acceptors (Lipinski definition) is 3. The van der Waals surface area contributed by atoms with Crippen LogP contribution in [0.3, 0.4) is 0 Å². The third kappa shape index (κ3) is 3.63. The van der Waals surface area contributed by atoms with Crippen LogP contribution in [0.25, 0.3) is 5.57 Å². The van der Waals surface area contributed by atoms with Crippen LogP contribution in [0.2, 0.25) is 0 Å². The minimum atomic E-state index is -0.928. The molecule has 0 aliphatic carbocycles. The fourth-order valence-electron chi connectivity index (χ4n) is 3.16. The summed E-state index contributed by atoms with van der Waals surface area (Å²) in [7, 11) is 0. The minimum Gasteiger partial charge on any atom is -0.481 e. The van der Waals surface area contributed by atoms with Gasteiger partial charge in [0.1, 0.15) is 11.7 Å². The number of nitrogens with zero attached hydrogens (tertiary/aromatic N) is 1. The second-order valence-corrected chi connectivity index (χ2v) is 6.41. The van der Waals surface area contributed by atoms with E-state index in [1.165, 1.54) is 0 Å². The molecule has 0 fully saturated rings. The molecule has 0 saturated heterocycles. The van der Waals surface area contributed by atoms with Gasteiger partial charge < -0.3 is 9.84 Å². The lowest BCUT2D eigenvalue weighted by molar-refractivity contribution is -0.139. The number of rotatable bonds is 3. The Labute approximate surface area is 147 Å². The Bertz CT molecular complexity index is 843. The van der Waals surface area contributed by atoms with Crippen LogP contribution >= 0.6 is 0 Å². The van der Waals surface area contributed by atoms with Gasteiger partial charge in [-0.15, -0.1) is 0 Å². The fraction of sp³-hybridized carbons (Fsp3) is 0.238. The first-order valence-corrected chi connectivity index (χ1v) is 8.26. The monoisotopic (exact) mass is 335 g/mol. The molecule has 0 spiro atoms. The lowest BCUT2D eigenvalue weighted by atomic mass is 9.93. The summed E-state index contributed by atoms with van der Waals surface area (Å²) < 4.78 is 5.95. The van der Waals surface area contributed by atoms with E-state index < -0.39 is 11.9 Å². The second kappa shape index (κ2) is 6.93. The molecule has 0 radical (unpaired) electrons. The van der Waals surface area contributed by atoms with Crippen molar-refractivity contribution in [3.05, 3.63) is 70.9 Å². The van der Waals surface area contributed by atoms with Gasteiger partial charge in [0.25, 0.3) is 0 Å². The van der Waals surface area contributed by atoms with Crippen molar-refractivity contribution in [3.8, 4) is 5.75 Å². The summed E-state index contributed by atoms with van der Waals surface area (Å²) in [4.78, 5) is 16.1. The van der Waals surface area contributed by atoms with E-state index in [0.717, 1.165) is 27.8 Å². The maximum absolute atomic E-state index is 11.8. The van der Waals surface area contributed by atoms with E-state index in [1.807, 2.05) is 63.2 Å². The molecule has 3 rings (SSSR count). The van der Waals surface area contributed by atoms with Gasteiger partial charge in [-0.3, -0.25) is 4.79 Å². The molecule has 1 heterocycles. The van der Waals surface area contributed by atoms with Crippen LogP contribution < -0.4 is 4.74 Å². The summed E-state index contributed by atoms with van der Waals surface area (Å²) in [5.74, 6) is -0.794. The van der Waals surface area contributed by atoms with Crippen molar-refractivity contribution >= 4 is 17.4 Å². The number of carboxylic acid groups (broad SMARTS) is 1. The largest absolute Gasteiger partial charge is 0.481 e. The van der Waals surface area contributed by atoms with Crippen LogP contribution in [0.4, 0.5) is 0 Å². The molecular formula is C21H21NO3. The lowest BCUT2D eigenvalue weighted by Gasteiger charge is -2.22. The zero-order valence-electron chi connectivity index (χ0n) is 14.6. The highest BCUT2D eigenvalue weighted by atomic mass is 16.5. The molecule has 2 aromatic rings. The molecule has 25 heavy (non-hydrogen) atoms. The Morgan fingerprint density at radius 1 is 1.12 bits per heavy atom. The van der Waals surface area contributed by atoms with Crippen molar-refractivity contribution in [3.63, 3.8) is 0 Å². The fourth-order valence-corrected chi connectivity index (χ4v) is 3.16. The Kier molecular flexibility index (Phi) is 4.70. The normalized spacial score (nSPS) is 16.8. The Hall–Kier alpha value is -2.88. The first kappa shape index (κ1) is 17.0. The van der Waals surface area contributed by atoms with E-state index in [9.17, 15) is 9.90 Å². The summed E-state index contributed by atoms with van der Waals surface area (Å²) in [5, 5.41) is 9.65. The summed E-state index contributed by atoms with van der Waals surface area (Å²) in [5.41, 5.74) is 4.98. The molecule has 0 amide bonds. The highest BCUT2D eigenvalue weighted by Crippen LogP contribution is 2.31. The van der Waals surface area contributed by atoms with Crippen LogP contribution in [-0.2, 0) is 4.79 Å². The molecule has 1 unspecified atom stereocenters.